The number of piperidine rings is 1. The highest BCUT2D eigenvalue weighted by atomic mass is 16.5. The molecule has 1 aromatic carbocycles. The van der Waals surface area contributed by atoms with E-state index in [0.717, 1.165) is 16.5 Å². The molecule has 2 amide bonds. The summed E-state index contributed by atoms with van der Waals surface area (Å²) in [6.45, 7) is 0.757. The number of H-pyrrole nitrogens is 1. The van der Waals surface area contributed by atoms with E-state index in [9.17, 15) is 9.59 Å². The number of rotatable bonds is 4. The number of aromatic amines is 1. The normalized spacial score (nSPS) is 25.7. The molecule has 3 atom stereocenters. The number of para-hydroxylation sites is 1. The SMILES string of the molecule is C#CCOC1CCN2C(=O)C(Cc3c[nH]c4ccccc34)NC(=O)C2C1. The van der Waals surface area contributed by atoms with E-state index in [1.807, 2.05) is 30.5 Å². The largest absolute Gasteiger partial charge is 0.365 e. The van der Waals surface area contributed by atoms with Crippen LogP contribution < -0.4 is 5.32 Å². The molecule has 0 spiro atoms. The minimum Gasteiger partial charge on any atom is -0.365 e. The van der Waals surface area contributed by atoms with E-state index in [4.69, 9.17) is 11.2 Å². The molecule has 2 aromatic rings. The lowest BCUT2D eigenvalue weighted by Gasteiger charge is -2.43. The maximum absolute atomic E-state index is 12.9. The second kappa shape index (κ2) is 6.85. The van der Waals surface area contributed by atoms with Crippen molar-refractivity contribution in [1.29, 1.82) is 0 Å². The molecule has 4 rings (SSSR count). The monoisotopic (exact) mass is 351 g/mol. The molecule has 1 aromatic heterocycles. The highest BCUT2D eigenvalue weighted by Gasteiger charge is 2.44. The van der Waals surface area contributed by atoms with Gasteiger partial charge in [0.25, 0.3) is 0 Å². The van der Waals surface area contributed by atoms with E-state index in [-0.39, 0.29) is 24.5 Å². The zero-order valence-electron chi connectivity index (χ0n) is 14.4. The summed E-state index contributed by atoms with van der Waals surface area (Å²) >= 11 is 0. The molecule has 3 unspecified atom stereocenters. The highest BCUT2D eigenvalue weighted by molar-refractivity contribution is 5.97. The van der Waals surface area contributed by atoms with Gasteiger partial charge in [0.05, 0.1) is 6.10 Å². The number of carbonyl (C=O) groups is 2. The number of aromatic nitrogens is 1. The van der Waals surface area contributed by atoms with Gasteiger partial charge in [-0.15, -0.1) is 6.42 Å². The molecule has 134 valence electrons. The number of hydrogen-bond donors (Lipinski definition) is 2. The van der Waals surface area contributed by atoms with Crippen LogP contribution >= 0.6 is 0 Å². The van der Waals surface area contributed by atoms with Crippen molar-refractivity contribution in [1.82, 2.24) is 15.2 Å². The van der Waals surface area contributed by atoms with Crippen molar-refractivity contribution >= 4 is 22.7 Å². The molecule has 2 aliphatic heterocycles. The maximum Gasteiger partial charge on any atom is 0.246 e. The van der Waals surface area contributed by atoms with E-state index in [1.165, 1.54) is 0 Å². The van der Waals surface area contributed by atoms with E-state index >= 15 is 0 Å². The Morgan fingerprint density at radius 3 is 3.00 bits per heavy atom. The number of terminal acetylenes is 1. The van der Waals surface area contributed by atoms with Crippen LogP contribution in [0.2, 0.25) is 0 Å². The lowest BCUT2D eigenvalue weighted by atomic mass is 9.92. The molecule has 26 heavy (non-hydrogen) atoms. The first-order valence-corrected chi connectivity index (χ1v) is 8.88. The van der Waals surface area contributed by atoms with Crippen LogP contribution in [0.3, 0.4) is 0 Å². The van der Waals surface area contributed by atoms with Crippen molar-refractivity contribution in [3.63, 3.8) is 0 Å². The molecule has 6 nitrogen and oxygen atoms in total. The molecular formula is C20H21N3O3. The Morgan fingerprint density at radius 2 is 2.15 bits per heavy atom. The first kappa shape index (κ1) is 16.7. The Balaban J connectivity index is 1.49. The summed E-state index contributed by atoms with van der Waals surface area (Å²) in [7, 11) is 0. The maximum atomic E-state index is 12.9. The summed E-state index contributed by atoms with van der Waals surface area (Å²) in [4.78, 5) is 30.4. The Bertz CT molecular complexity index is 882. The van der Waals surface area contributed by atoms with Crippen LogP contribution in [0, 0.1) is 12.3 Å². The highest BCUT2D eigenvalue weighted by Crippen LogP contribution is 2.26. The van der Waals surface area contributed by atoms with Crippen molar-refractivity contribution in [3.8, 4) is 12.3 Å². The number of benzene rings is 1. The molecule has 6 heteroatoms. The summed E-state index contributed by atoms with van der Waals surface area (Å²) in [6, 6.07) is 6.97. The summed E-state index contributed by atoms with van der Waals surface area (Å²) in [5.74, 6) is 2.32. The number of nitrogens with zero attached hydrogens (tertiary/aromatic N) is 1. The van der Waals surface area contributed by atoms with Crippen LogP contribution in [0.4, 0.5) is 0 Å². The van der Waals surface area contributed by atoms with Gasteiger partial charge in [0.15, 0.2) is 0 Å². The topological polar surface area (TPSA) is 74.4 Å². The van der Waals surface area contributed by atoms with Crippen LogP contribution in [0.15, 0.2) is 30.5 Å². The summed E-state index contributed by atoms with van der Waals surface area (Å²) in [5.41, 5.74) is 2.06. The lowest BCUT2D eigenvalue weighted by Crippen LogP contribution is -2.66. The van der Waals surface area contributed by atoms with Gasteiger partial charge in [0.2, 0.25) is 11.8 Å². The predicted molar refractivity (Wildman–Crippen MR) is 97.2 cm³/mol. The van der Waals surface area contributed by atoms with Gasteiger partial charge in [-0.25, -0.2) is 0 Å². The predicted octanol–water partition coefficient (Wildman–Crippen LogP) is 1.22. The molecule has 2 saturated heterocycles. The molecule has 0 bridgehead atoms. The number of piperazine rings is 1. The van der Waals surface area contributed by atoms with Gasteiger partial charge in [-0.1, -0.05) is 24.1 Å². The van der Waals surface area contributed by atoms with Crippen molar-refractivity contribution in [2.45, 2.75) is 37.5 Å². The molecule has 2 N–H and O–H groups in total. The quantitative estimate of drug-likeness (QED) is 0.814. The van der Waals surface area contributed by atoms with Crippen LogP contribution in [0.5, 0.6) is 0 Å². The number of amides is 2. The third-order valence-corrected chi connectivity index (χ3v) is 5.26. The first-order valence-electron chi connectivity index (χ1n) is 8.88. The van der Waals surface area contributed by atoms with Gasteiger partial charge in [-0.3, -0.25) is 9.59 Å². The smallest absolute Gasteiger partial charge is 0.246 e. The van der Waals surface area contributed by atoms with E-state index in [2.05, 4.69) is 16.2 Å². The summed E-state index contributed by atoms with van der Waals surface area (Å²) in [5, 5.41) is 3.99. The van der Waals surface area contributed by atoms with Crippen molar-refractivity contribution in [3.05, 3.63) is 36.0 Å². The molecule has 0 saturated carbocycles. The minimum atomic E-state index is -0.527. The second-order valence-corrected chi connectivity index (χ2v) is 6.83. The van der Waals surface area contributed by atoms with Crippen molar-refractivity contribution in [2.75, 3.05) is 13.2 Å². The standard InChI is InChI=1S/C20H21N3O3/c1-2-9-26-14-7-8-23-18(11-14)19(24)22-17(20(23)25)10-13-12-21-16-6-4-3-5-15(13)16/h1,3-6,12,14,17-18,21H,7-11H2,(H,22,24). The summed E-state index contributed by atoms with van der Waals surface area (Å²) < 4.78 is 5.57. The Labute approximate surface area is 151 Å². The fourth-order valence-electron chi connectivity index (χ4n) is 3.95. The number of carbonyl (C=O) groups excluding carboxylic acids is 2. The number of nitrogens with one attached hydrogen (secondary N) is 2. The van der Waals surface area contributed by atoms with Crippen LogP contribution in [0.1, 0.15) is 18.4 Å². The van der Waals surface area contributed by atoms with Gasteiger partial charge in [-0.2, -0.15) is 0 Å². The van der Waals surface area contributed by atoms with E-state index in [1.54, 1.807) is 4.90 Å². The van der Waals surface area contributed by atoms with E-state index in [0.29, 0.717) is 25.8 Å². The van der Waals surface area contributed by atoms with Gasteiger partial charge in [0, 0.05) is 36.5 Å². The molecule has 0 radical (unpaired) electrons. The molecule has 2 fully saturated rings. The zero-order chi connectivity index (χ0) is 18.1. The first-order chi connectivity index (χ1) is 12.7. The lowest BCUT2D eigenvalue weighted by molar-refractivity contribution is -0.154. The van der Waals surface area contributed by atoms with Gasteiger partial charge in [0.1, 0.15) is 18.7 Å². The second-order valence-electron chi connectivity index (χ2n) is 6.83. The Kier molecular flexibility index (Phi) is 4.39. The average Bonchev–Trinajstić information content (AvgIpc) is 3.07. The van der Waals surface area contributed by atoms with Gasteiger partial charge in [-0.05, 0) is 18.1 Å². The Morgan fingerprint density at radius 1 is 1.31 bits per heavy atom. The van der Waals surface area contributed by atoms with Crippen LogP contribution in [-0.2, 0) is 20.7 Å². The van der Waals surface area contributed by atoms with Crippen molar-refractivity contribution in [2.24, 2.45) is 0 Å². The number of fused-ring (bicyclic) bond motifs is 2. The summed E-state index contributed by atoms with van der Waals surface area (Å²) in [6.07, 6.45) is 8.75. The molecule has 0 aliphatic carbocycles. The third-order valence-electron chi connectivity index (χ3n) is 5.26. The molecular weight excluding hydrogens is 330 g/mol. The third kappa shape index (κ3) is 2.95. The minimum absolute atomic E-state index is 0.0183. The van der Waals surface area contributed by atoms with Crippen molar-refractivity contribution < 1.29 is 14.3 Å². The number of hydrogen-bond acceptors (Lipinski definition) is 3. The van der Waals surface area contributed by atoms with E-state index < -0.39 is 12.1 Å². The fourth-order valence-corrected chi connectivity index (χ4v) is 3.95. The average molecular weight is 351 g/mol. The number of ether oxygens (including phenoxy) is 1. The van der Waals surface area contributed by atoms with Gasteiger partial charge >= 0.3 is 0 Å². The Hall–Kier alpha value is -2.78. The van der Waals surface area contributed by atoms with Crippen LogP contribution in [-0.4, -0.2) is 53.0 Å². The zero-order valence-corrected chi connectivity index (χ0v) is 14.4. The van der Waals surface area contributed by atoms with Gasteiger partial charge < -0.3 is 19.9 Å². The molecule has 2 aliphatic rings. The molecule has 3 heterocycles. The van der Waals surface area contributed by atoms with Crippen LogP contribution in [0.25, 0.3) is 10.9 Å². The fraction of sp³-hybridized carbons (Fsp3) is 0.400.